The van der Waals surface area contributed by atoms with E-state index in [1.807, 2.05) is 31.2 Å². The Labute approximate surface area is 135 Å². The number of aliphatic imine (C=N–C) groups is 1. The van der Waals surface area contributed by atoms with E-state index in [1.165, 1.54) is 0 Å². The molecule has 5 nitrogen and oxygen atoms in total. The fourth-order valence-corrected chi connectivity index (χ4v) is 2.08. The number of nitrogens with zero attached hydrogens (tertiary/aromatic N) is 3. The van der Waals surface area contributed by atoms with Gasteiger partial charge in [0.25, 0.3) is 0 Å². The van der Waals surface area contributed by atoms with Crippen molar-refractivity contribution in [3.8, 4) is 0 Å². The molecule has 6 heteroatoms. The molecular weight excluding hydrogens is 298 g/mol. The van der Waals surface area contributed by atoms with Gasteiger partial charge in [0, 0.05) is 25.5 Å². The zero-order valence-electron chi connectivity index (χ0n) is 12.8. The SMILES string of the molecule is CN=C(NCCc1ccc(Cl)nc1)NCc1cccc(C)n1. The Morgan fingerprint density at radius 2 is 2.09 bits per heavy atom. The minimum absolute atomic E-state index is 0.514. The number of pyridine rings is 2. The number of halogens is 1. The molecule has 0 amide bonds. The van der Waals surface area contributed by atoms with Crippen molar-refractivity contribution in [2.75, 3.05) is 13.6 Å². The van der Waals surface area contributed by atoms with Gasteiger partial charge < -0.3 is 10.6 Å². The van der Waals surface area contributed by atoms with Crippen LogP contribution in [0, 0.1) is 6.92 Å². The molecule has 0 aliphatic rings. The van der Waals surface area contributed by atoms with Gasteiger partial charge in [0.1, 0.15) is 5.15 Å². The molecule has 2 aromatic rings. The maximum absolute atomic E-state index is 5.77. The van der Waals surface area contributed by atoms with Crippen molar-refractivity contribution >= 4 is 17.6 Å². The first kappa shape index (κ1) is 16.2. The van der Waals surface area contributed by atoms with Crippen molar-refractivity contribution in [2.24, 2.45) is 4.99 Å². The number of guanidine groups is 1. The fraction of sp³-hybridized carbons (Fsp3) is 0.312. The predicted molar refractivity (Wildman–Crippen MR) is 90.1 cm³/mol. The molecule has 2 rings (SSSR count). The van der Waals surface area contributed by atoms with Crippen LogP contribution < -0.4 is 10.6 Å². The van der Waals surface area contributed by atoms with Gasteiger partial charge in [0.15, 0.2) is 5.96 Å². The highest BCUT2D eigenvalue weighted by atomic mass is 35.5. The third kappa shape index (κ3) is 5.33. The molecule has 0 aliphatic heterocycles. The topological polar surface area (TPSA) is 62.2 Å². The van der Waals surface area contributed by atoms with Crippen molar-refractivity contribution in [3.63, 3.8) is 0 Å². The van der Waals surface area contributed by atoms with Crippen LogP contribution in [0.5, 0.6) is 0 Å². The second-order valence-electron chi connectivity index (χ2n) is 4.86. The van der Waals surface area contributed by atoms with E-state index >= 15 is 0 Å². The van der Waals surface area contributed by atoms with Crippen molar-refractivity contribution in [1.82, 2.24) is 20.6 Å². The number of nitrogens with one attached hydrogen (secondary N) is 2. The summed E-state index contributed by atoms with van der Waals surface area (Å²) in [7, 11) is 1.75. The molecule has 0 spiro atoms. The van der Waals surface area contributed by atoms with Gasteiger partial charge in [0.2, 0.25) is 0 Å². The Bertz CT molecular complexity index is 625. The second-order valence-corrected chi connectivity index (χ2v) is 5.25. The molecule has 0 bridgehead atoms. The average Bonchev–Trinajstić information content (AvgIpc) is 2.52. The van der Waals surface area contributed by atoms with Crippen LogP contribution in [-0.4, -0.2) is 29.5 Å². The van der Waals surface area contributed by atoms with Crippen LogP contribution in [0.3, 0.4) is 0 Å². The third-order valence-electron chi connectivity index (χ3n) is 3.10. The number of aromatic nitrogens is 2. The zero-order chi connectivity index (χ0) is 15.8. The lowest BCUT2D eigenvalue weighted by molar-refractivity contribution is 0.780. The summed E-state index contributed by atoms with van der Waals surface area (Å²) in [5, 5.41) is 7.03. The molecule has 0 saturated heterocycles. The molecule has 0 radical (unpaired) electrons. The molecule has 22 heavy (non-hydrogen) atoms. The van der Waals surface area contributed by atoms with Crippen LogP contribution in [0.4, 0.5) is 0 Å². The lowest BCUT2D eigenvalue weighted by atomic mass is 10.2. The Hall–Kier alpha value is -2.14. The van der Waals surface area contributed by atoms with Crippen LogP contribution in [0.15, 0.2) is 41.5 Å². The van der Waals surface area contributed by atoms with Gasteiger partial charge in [-0.05, 0) is 37.1 Å². The minimum atomic E-state index is 0.514. The summed E-state index contributed by atoms with van der Waals surface area (Å²) in [6, 6.07) is 9.75. The Morgan fingerprint density at radius 1 is 1.23 bits per heavy atom. The summed E-state index contributed by atoms with van der Waals surface area (Å²) < 4.78 is 0. The third-order valence-corrected chi connectivity index (χ3v) is 3.32. The summed E-state index contributed by atoms with van der Waals surface area (Å²) >= 11 is 5.77. The van der Waals surface area contributed by atoms with Gasteiger partial charge in [-0.15, -0.1) is 0 Å². The highest BCUT2D eigenvalue weighted by molar-refractivity contribution is 6.29. The van der Waals surface area contributed by atoms with Gasteiger partial charge in [0.05, 0.1) is 12.2 Å². The molecule has 0 atom stereocenters. The monoisotopic (exact) mass is 317 g/mol. The molecule has 0 aromatic carbocycles. The molecule has 0 unspecified atom stereocenters. The van der Waals surface area contributed by atoms with Crippen molar-refractivity contribution in [1.29, 1.82) is 0 Å². The van der Waals surface area contributed by atoms with Crippen molar-refractivity contribution in [3.05, 3.63) is 58.6 Å². The maximum atomic E-state index is 5.77. The second kappa shape index (κ2) is 8.34. The van der Waals surface area contributed by atoms with E-state index in [1.54, 1.807) is 19.3 Å². The van der Waals surface area contributed by atoms with E-state index in [9.17, 15) is 0 Å². The maximum Gasteiger partial charge on any atom is 0.191 e. The summed E-state index contributed by atoms with van der Waals surface area (Å²) in [5.41, 5.74) is 3.13. The first-order valence-electron chi connectivity index (χ1n) is 7.15. The van der Waals surface area contributed by atoms with Crippen molar-refractivity contribution in [2.45, 2.75) is 19.9 Å². The standard InChI is InChI=1S/C16H20ClN5/c1-12-4-3-5-14(22-12)11-21-16(18-2)19-9-8-13-6-7-15(17)20-10-13/h3-7,10H,8-9,11H2,1-2H3,(H2,18,19,21). The normalized spacial score (nSPS) is 11.3. The molecular formula is C16H20ClN5. The lowest BCUT2D eigenvalue weighted by Gasteiger charge is -2.11. The fourth-order valence-electron chi connectivity index (χ4n) is 1.97. The minimum Gasteiger partial charge on any atom is -0.356 e. The Kier molecular flexibility index (Phi) is 6.15. The van der Waals surface area contributed by atoms with E-state index in [0.29, 0.717) is 11.7 Å². The molecule has 2 N–H and O–H groups in total. The van der Waals surface area contributed by atoms with Crippen LogP contribution >= 0.6 is 11.6 Å². The Balaban J connectivity index is 1.76. The largest absolute Gasteiger partial charge is 0.356 e. The summed E-state index contributed by atoms with van der Waals surface area (Å²) in [6.07, 6.45) is 2.64. The van der Waals surface area contributed by atoms with Gasteiger partial charge in [-0.25, -0.2) is 4.98 Å². The number of aryl methyl sites for hydroxylation is 1. The first-order chi connectivity index (χ1) is 10.7. The van der Waals surface area contributed by atoms with Crippen LogP contribution in [0.25, 0.3) is 0 Å². The zero-order valence-corrected chi connectivity index (χ0v) is 13.6. The van der Waals surface area contributed by atoms with E-state index < -0.39 is 0 Å². The number of hydrogen-bond acceptors (Lipinski definition) is 3. The van der Waals surface area contributed by atoms with E-state index in [-0.39, 0.29) is 0 Å². The molecule has 116 valence electrons. The molecule has 0 aliphatic carbocycles. The van der Waals surface area contributed by atoms with Gasteiger partial charge in [-0.1, -0.05) is 23.7 Å². The summed E-state index contributed by atoms with van der Waals surface area (Å²) in [5.74, 6) is 0.755. The number of rotatable bonds is 5. The smallest absolute Gasteiger partial charge is 0.191 e. The highest BCUT2D eigenvalue weighted by Crippen LogP contribution is 2.05. The van der Waals surface area contributed by atoms with E-state index in [2.05, 4.69) is 25.6 Å². The molecule has 0 saturated carbocycles. The van der Waals surface area contributed by atoms with Crippen LogP contribution in [0.2, 0.25) is 5.15 Å². The van der Waals surface area contributed by atoms with Gasteiger partial charge in [-0.3, -0.25) is 9.98 Å². The summed E-state index contributed by atoms with van der Waals surface area (Å²) in [4.78, 5) is 12.7. The van der Waals surface area contributed by atoms with Crippen molar-refractivity contribution < 1.29 is 0 Å². The predicted octanol–water partition coefficient (Wildman–Crippen LogP) is 2.35. The molecule has 2 aromatic heterocycles. The quantitative estimate of drug-likeness (QED) is 0.505. The van der Waals surface area contributed by atoms with Crippen LogP contribution in [-0.2, 0) is 13.0 Å². The highest BCUT2D eigenvalue weighted by Gasteiger charge is 2.00. The Morgan fingerprint density at radius 3 is 2.77 bits per heavy atom. The molecule has 2 heterocycles. The van der Waals surface area contributed by atoms with Gasteiger partial charge in [-0.2, -0.15) is 0 Å². The molecule has 0 fully saturated rings. The lowest BCUT2D eigenvalue weighted by Crippen LogP contribution is -2.38. The van der Waals surface area contributed by atoms with E-state index in [4.69, 9.17) is 11.6 Å². The number of hydrogen-bond donors (Lipinski definition) is 2. The van der Waals surface area contributed by atoms with Gasteiger partial charge >= 0.3 is 0 Å². The summed E-state index contributed by atoms with van der Waals surface area (Å²) in [6.45, 7) is 3.39. The van der Waals surface area contributed by atoms with E-state index in [0.717, 1.165) is 35.9 Å². The first-order valence-corrected chi connectivity index (χ1v) is 7.52. The van der Waals surface area contributed by atoms with Crippen LogP contribution in [0.1, 0.15) is 17.0 Å². The average molecular weight is 318 g/mol.